The van der Waals surface area contributed by atoms with E-state index in [4.69, 9.17) is 5.26 Å². The van der Waals surface area contributed by atoms with Crippen LogP contribution in [0.4, 0.5) is 13.2 Å². The molecule has 0 bridgehead atoms. The Kier molecular flexibility index (Phi) is 6.16. The summed E-state index contributed by atoms with van der Waals surface area (Å²) in [6.07, 6.45) is -4.70. The second-order valence-electron chi connectivity index (χ2n) is 6.07. The SMILES string of the molecule is Cc1cc(C#Cc2ccc(-c3ccc(OC(F)(F)F)cc3)cc2)ccc1SC#N. The van der Waals surface area contributed by atoms with Gasteiger partial charge in [-0.3, -0.25) is 0 Å². The third kappa shape index (κ3) is 5.81. The number of thiocyanates is 1. The molecule has 3 aromatic carbocycles. The average molecular weight is 409 g/mol. The smallest absolute Gasteiger partial charge is 0.406 e. The van der Waals surface area contributed by atoms with Gasteiger partial charge in [-0.15, -0.1) is 13.2 Å². The van der Waals surface area contributed by atoms with Crippen LogP contribution in [0, 0.1) is 29.4 Å². The highest BCUT2D eigenvalue weighted by atomic mass is 32.2. The first-order valence-electron chi connectivity index (χ1n) is 8.49. The van der Waals surface area contributed by atoms with Crippen LogP contribution in [0.1, 0.15) is 16.7 Å². The van der Waals surface area contributed by atoms with Gasteiger partial charge in [0.1, 0.15) is 11.2 Å². The third-order valence-corrected chi connectivity index (χ3v) is 4.76. The lowest BCUT2D eigenvalue weighted by atomic mass is 10.0. The molecule has 0 atom stereocenters. The van der Waals surface area contributed by atoms with Crippen molar-refractivity contribution in [3.63, 3.8) is 0 Å². The lowest BCUT2D eigenvalue weighted by Gasteiger charge is -2.09. The Morgan fingerprint density at radius 1 is 0.828 bits per heavy atom. The van der Waals surface area contributed by atoms with Gasteiger partial charge in [0.25, 0.3) is 0 Å². The van der Waals surface area contributed by atoms with Crippen molar-refractivity contribution in [2.75, 3.05) is 0 Å². The predicted molar refractivity (Wildman–Crippen MR) is 107 cm³/mol. The Morgan fingerprint density at radius 2 is 1.38 bits per heavy atom. The number of rotatable bonds is 3. The Morgan fingerprint density at radius 3 is 1.93 bits per heavy atom. The molecule has 0 fully saturated rings. The molecule has 0 aliphatic carbocycles. The van der Waals surface area contributed by atoms with E-state index in [1.807, 2.05) is 49.4 Å². The minimum Gasteiger partial charge on any atom is -0.406 e. The molecule has 3 aromatic rings. The Hall–Kier alpha value is -3.35. The van der Waals surface area contributed by atoms with E-state index >= 15 is 0 Å². The largest absolute Gasteiger partial charge is 0.573 e. The summed E-state index contributed by atoms with van der Waals surface area (Å²) in [6, 6.07) is 18.8. The number of nitriles is 1. The van der Waals surface area contributed by atoms with Crippen molar-refractivity contribution in [2.45, 2.75) is 18.2 Å². The van der Waals surface area contributed by atoms with Crippen LogP contribution in [0.3, 0.4) is 0 Å². The zero-order chi connectivity index (χ0) is 20.9. The molecule has 3 rings (SSSR count). The lowest BCUT2D eigenvalue weighted by molar-refractivity contribution is -0.274. The zero-order valence-corrected chi connectivity index (χ0v) is 16.1. The van der Waals surface area contributed by atoms with Gasteiger partial charge in [-0.25, -0.2) is 0 Å². The summed E-state index contributed by atoms with van der Waals surface area (Å²) in [5.74, 6) is 5.93. The van der Waals surface area contributed by atoms with Gasteiger partial charge < -0.3 is 4.74 Å². The van der Waals surface area contributed by atoms with Crippen LogP contribution in [-0.4, -0.2) is 6.36 Å². The molecule has 2 nitrogen and oxygen atoms in total. The van der Waals surface area contributed by atoms with Gasteiger partial charge in [-0.05, 0) is 77.8 Å². The van der Waals surface area contributed by atoms with Crippen molar-refractivity contribution in [3.8, 4) is 34.1 Å². The molecule has 0 spiro atoms. The first kappa shape index (κ1) is 20.4. The summed E-state index contributed by atoms with van der Waals surface area (Å²) in [5, 5.41) is 10.8. The number of aryl methyl sites for hydroxylation is 1. The first-order chi connectivity index (χ1) is 13.8. The van der Waals surface area contributed by atoms with Crippen LogP contribution in [0.5, 0.6) is 5.75 Å². The van der Waals surface area contributed by atoms with Crippen molar-refractivity contribution in [1.29, 1.82) is 5.26 Å². The normalized spacial score (nSPS) is 10.6. The van der Waals surface area contributed by atoms with E-state index < -0.39 is 6.36 Å². The van der Waals surface area contributed by atoms with Crippen LogP contribution in [0.2, 0.25) is 0 Å². The molecule has 144 valence electrons. The van der Waals surface area contributed by atoms with Crippen molar-refractivity contribution in [2.24, 2.45) is 0 Å². The molecule has 29 heavy (non-hydrogen) atoms. The van der Waals surface area contributed by atoms with Gasteiger partial charge in [0, 0.05) is 16.0 Å². The number of nitrogens with zero attached hydrogens (tertiary/aromatic N) is 1. The highest BCUT2D eigenvalue weighted by Gasteiger charge is 2.30. The molecular formula is C23H14F3NOS. The fourth-order valence-corrected chi connectivity index (χ4v) is 3.08. The molecule has 0 aliphatic rings. The minimum atomic E-state index is -4.70. The van der Waals surface area contributed by atoms with Gasteiger partial charge in [0.05, 0.1) is 0 Å². The van der Waals surface area contributed by atoms with Crippen LogP contribution in [0.25, 0.3) is 11.1 Å². The van der Waals surface area contributed by atoms with Crippen LogP contribution in [0.15, 0.2) is 71.6 Å². The molecule has 6 heteroatoms. The molecule has 0 saturated heterocycles. The second-order valence-corrected chi connectivity index (χ2v) is 6.90. The number of hydrogen-bond acceptors (Lipinski definition) is 3. The van der Waals surface area contributed by atoms with E-state index in [0.29, 0.717) is 0 Å². The monoisotopic (exact) mass is 409 g/mol. The summed E-state index contributed by atoms with van der Waals surface area (Å²) >= 11 is 1.12. The highest BCUT2D eigenvalue weighted by Crippen LogP contribution is 2.27. The van der Waals surface area contributed by atoms with Gasteiger partial charge in [-0.2, -0.15) is 5.26 Å². The summed E-state index contributed by atoms with van der Waals surface area (Å²) < 4.78 is 40.6. The molecular weight excluding hydrogens is 395 g/mol. The first-order valence-corrected chi connectivity index (χ1v) is 9.30. The van der Waals surface area contributed by atoms with E-state index in [9.17, 15) is 13.2 Å². The molecule has 0 radical (unpaired) electrons. The molecule has 0 saturated carbocycles. The maximum absolute atomic E-state index is 12.2. The van der Waals surface area contributed by atoms with Gasteiger partial charge >= 0.3 is 6.36 Å². The lowest BCUT2D eigenvalue weighted by Crippen LogP contribution is -2.16. The van der Waals surface area contributed by atoms with E-state index in [-0.39, 0.29) is 5.75 Å². The molecule has 0 N–H and O–H groups in total. The number of hydrogen-bond donors (Lipinski definition) is 0. The zero-order valence-electron chi connectivity index (χ0n) is 15.2. The highest BCUT2D eigenvalue weighted by molar-refractivity contribution is 8.03. The quantitative estimate of drug-likeness (QED) is 0.280. The van der Waals surface area contributed by atoms with Gasteiger partial charge in [-0.1, -0.05) is 36.1 Å². The molecule has 0 aromatic heterocycles. The Balaban J connectivity index is 1.72. The van der Waals surface area contributed by atoms with Crippen LogP contribution < -0.4 is 4.74 Å². The number of benzene rings is 3. The third-order valence-electron chi connectivity index (χ3n) is 3.99. The fraction of sp³-hybridized carbons (Fsp3) is 0.0870. The number of alkyl halides is 3. The number of halogens is 3. The summed E-state index contributed by atoms with van der Waals surface area (Å²) in [7, 11) is 0. The van der Waals surface area contributed by atoms with Crippen molar-refractivity contribution < 1.29 is 17.9 Å². The Labute approximate surface area is 170 Å². The molecule has 0 heterocycles. The molecule has 0 aliphatic heterocycles. The van der Waals surface area contributed by atoms with E-state index in [1.165, 1.54) is 12.1 Å². The minimum absolute atomic E-state index is 0.252. The van der Waals surface area contributed by atoms with E-state index in [1.54, 1.807) is 12.1 Å². The van der Waals surface area contributed by atoms with Crippen molar-refractivity contribution in [1.82, 2.24) is 0 Å². The molecule has 0 amide bonds. The van der Waals surface area contributed by atoms with Crippen LogP contribution in [-0.2, 0) is 0 Å². The number of ether oxygens (including phenoxy) is 1. The van der Waals surface area contributed by atoms with Crippen molar-refractivity contribution >= 4 is 11.8 Å². The maximum Gasteiger partial charge on any atom is 0.573 e. The second kappa shape index (κ2) is 8.77. The van der Waals surface area contributed by atoms with Gasteiger partial charge in [0.2, 0.25) is 0 Å². The topological polar surface area (TPSA) is 33.0 Å². The molecule has 0 unspecified atom stereocenters. The van der Waals surface area contributed by atoms with Crippen LogP contribution >= 0.6 is 11.8 Å². The maximum atomic E-state index is 12.2. The van der Waals surface area contributed by atoms with Crippen molar-refractivity contribution in [3.05, 3.63) is 83.4 Å². The summed E-state index contributed by atoms with van der Waals surface area (Å²) in [4.78, 5) is 0.911. The Bertz CT molecular complexity index is 1100. The summed E-state index contributed by atoms with van der Waals surface area (Å²) in [5.41, 5.74) is 4.31. The standard InChI is InChI=1S/C23H14F3NOS/c1-16-14-18(6-13-22(16)29-15-27)3-2-17-4-7-19(8-5-17)20-9-11-21(12-10-20)28-23(24,25)26/h4-14H,1H3. The van der Waals surface area contributed by atoms with E-state index in [2.05, 4.69) is 22.0 Å². The predicted octanol–water partition coefficient (Wildman–Crippen LogP) is 6.53. The van der Waals surface area contributed by atoms with Gasteiger partial charge in [0.15, 0.2) is 0 Å². The summed E-state index contributed by atoms with van der Waals surface area (Å²) in [6.45, 7) is 1.94. The van der Waals surface area contributed by atoms with E-state index in [0.717, 1.165) is 44.5 Å². The fourth-order valence-electron chi connectivity index (χ4n) is 2.63. The number of thioether (sulfide) groups is 1. The average Bonchev–Trinajstić information content (AvgIpc) is 2.68.